The van der Waals surface area contributed by atoms with Gasteiger partial charge in [-0.1, -0.05) is 20.8 Å². The van der Waals surface area contributed by atoms with Gasteiger partial charge < -0.3 is 10.1 Å². The van der Waals surface area contributed by atoms with Crippen molar-refractivity contribution in [3.8, 4) is 0 Å². The number of nitrogens with one attached hydrogen (secondary N) is 1. The molecule has 0 aliphatic rings. The van der Waals surface area contributed by atoms with E-state index in [-0.39, 0.29) is 0 Å². The highest BCUT2D eigenvalue weighted by molar-refractivity contribution is 4.58. The van der Waals surface area contributed by atoms with Crippen LogP contribution in [0.15, 0.2) is 0 Å². The van der Waals surface area contributed by atoms with E-state index in [1.807, 2.05) is 0 Å². The number of hydrogen-bond donors (Lipinski definition) is 1. The Labute approximate surface area is 83.1 Å². The van der Waals surface area contributed by atoms with Crippen LogP contribution in [0.25, 0.3) is 0 Å². The van der Waals surface area contributed by atoms with E-state index in [0.717, 1.165) is 26.2 Å². The topological polar surface area (TPSA) is 21.3 Å². The fraction of sp³-hybridized carbons (Fsp3) is 1.00. The maximum absolute atomic E-state index is 5.51. The van der Waals surface area contributed by atoms with Gasteiger partial charge in [-0.3, -0.25) is 0 Å². The molecule has 0 radical (unpaired) electrons. The molecule has 1 N–H and O–H groups in total. The fourth-order valence-corrected chi connectivity index (χ4v) is 1.07. The second kappa shape index (κ2) is 8.52. The Kier molecular flexibility index (Phi) is 8.46. The van der Waals surface area contributed by atoms with E-state index in [4.69, 9.17) is 4.74 Å². The largest absolute Gasteiger partial charge is 0.381 e. The van der Waals surface area contributed by atoms with Gasteiger partial charge in [0.05, 0.1) is 0 Å². The van der Waals surface area contributed by atoms with Crippen molar-refractivity contribution in [2.24, 2.45) is 5.92 Å². The SMILES string of the molecule is CCCNC(C)CCOCC(C)C. The van der Waals surface area contributed by atoms with Gasteiger partial charge in [-0.25, -0.2) is 0 Å². The van der Waals surface area contributed by atoms with Crippen molar-refractivity contribution in [2.75, 3.05) is 19.8 Å². The third-order valence-electron chi connectivity index (χ3n) is 1.89. The van der Waals surface area contributed by atoms with Crippen molar-refractivity contribution in [1.82, 2.24) is 5.32 Å². The molecule has 0 spiro atoms. The van der Waals surface area contributed by atoms with Crippen LogP contribution in [-0.4, -0.2) is 25.8 Å². The Hall–Kier alpha value is -0.0800. The zero-order valence-electron chi connectivity index (χ0n) is 9.60. The summed E-state index contributed by atoms with van der Waals surface area (Å²) in [6.07, 6.45) is 2.32. The molecular weight excluding hydrogens is 162 g/mol. The number of hydrogen-bond acceptors (Lipinski definition) is 2. The third kappa shape index (κ3) is 9.84. The molecule has 0 saturated heterocycles. The molecule has 0 bridgehead atoms. The van der Waals surface area contributed by atoms with Crippen LogP contribution < -0.4 is 5.32 Å². The van der Waals surface area contributed by atoms with Crippen LogP contribution in [0.5, 0.6) is 0 Å². The Bertz CT molecular complexity index is 104. The summed E-state index contributed by atoms with van der Waals surface area (Å²) in [7, 11) is 0. The molecule has 1 atom stereocenters. The summed E-state index contributed by atoms with van der Waals surface area (Å²) >= 11 is 0. The lowest BCUT2D eigenvalue weighted by Crippen LogP contribution is -2.28. The molecule has 0 rings (SSSR count). The van der Waals surface area contributed by atoms with Gasteiger partial charge >= 0.3 is 0 Å². The maximum Gasteiger partial charge on any atom is 0.0489 e. The molecule has 0 aliphatic heterocycles. The van der Waals surface area contributed by atoms with Crippen LogP contribution in [0, 0.1) is 5.92 Å². The average Bonchev–Trinajstić information content (AvgIpc) is 2.08. The van der Waals surface area contributed by atoms with Crippen molar-refractivity contribution in [3.63, 3.8) is 0 Å². The molecule has 0 fully saturated rings. The van der Waals surface area contributed by atoms with Crippen LogP contribution in [0.1, 0.15) is 40.5 Å². The smallest absolute Gasteiger partial charge is 0.0489 e. The van der Waals surface area contributed by atoms with Crippen molar-refractivity contribution >= 4 is 0 Å². The Morgan fingerprint density at radius 3 is 2.46 bits per heavy atom. The maximum atomic E-state index is 5.51. The Morgan fingerprint density at radius 1 is 1.23 bits per heavy atom. The quantitative estimate of drug-likeness (QED) is 0.589. The van der Waals surface area contributed by atoms with E-state index < -0.39 is 0 Å². The first-order valence-corrected chi connectivity index (χ1v) is 5.48. The van der Waals surface area contributed by atoms with Gasteiger partial charge in [-0.2, -0.15) is 0 Å². The molecule has 0 amide bonds. The van der Waals surface area contributed by atoms with Crippen LogP contribution in [0.3, 0.4) is 0 Å². The minimum atomic E-state index is 0.590. The lowest BCUT2D eigenvalue weighted by molar-refractivity contribution is 0.102. The molecule has 80 valence electrons. The van der Waals surface area contributed by atoms with Gasteiger partial charge in [0.1, 0.15) is 0 Å². The fourth-order valence-electron chi connectivity index (χ4n) is 1.07. The van der Waals surface area contributed by atoms with Crippen molar-refractivity contribution in [1.29, 1.82) is 0 Å². The highest BCUT2D eigenvalue weighted by Crippen LogP contribution is 1.96. The molecule has 1 unspecified atom stereocenters. The molecule has 0 saturated carbocycles. The zero-order chi connectivity index (χ0) is 10.1. The first-order chi connectivity index (χ1) is 6.16. The van der Waals surface area contributed by atoms with Crippen LogP contribution >= 0.6 is 0 Å². The highest BCUT2D eigenvalue weighted by atomic mass is 16.5. The van der Waals surface area contributed by atoms with Gasteiger partial charge in [0.15, 0.2) is 0 Å². The molecule has 0 aromatic carbocycles. The van der Waals surface area contributed by atoms with Crippen LogP contribution in [-0.2, 0) is 4.74 Å². The minimum Gasteiger partial charge on any atom is -0.381 e. The third-order valence-corrected chi connectivity index (χ3v) is 1.89. The number of ether oxygens (including phenoxy) is 1. The summed E-state index contributed by atoms with van der Waals surface area (Å²) in [5.41, 5.74) is 0. The monoisotopic (exact) mass is 187 g/mol. The van der Waals surface area contributed by atoms with Gasteiger partial charge in [-0.05, 0) is 32.2 Å². The molecule has 0 aromatic heterocycles. The predicted octanol–water partition coefficient (Wildman–Crippen LogP) is 2.44. The standard InChI is InChI=1S/C11H25NO/c1-5-7-12-11(4)6-8-13-9-10(2)3/h10-12H,5-9H2,1-4H3. The second-order valence-corrected chi connectivity index (χ2v) is 4.11. The summed E-state index contributed by atoms with van der Waals surface area (Å²) in [4.78, 5) is 0. The lowest BCUT2D eigenvalue weighted by atomic mass is 10.2. The van der Waals surface area contributed by atoms with Crippen molar-refractivity contribution in [2.45, 2.75) is 46.6 Å². The first-order valence-electron chi connectivity index (χ1n) is 5.48. The second-order valence-electron chi connectivity index (χ2n) is 4.11. The average molecular weight is 187 g/mol. The Morgan fingerprint density at radius 2 is 1.92 bits per heavy atom. The molecule has 0 heterocycles. The van der Waals surface area contributed by atoms with Crippen molar-refractivity contribution in [3.05, 3.63) is 0 Å². The summed E-state index contributed by atoms with van der Waals surface area (Å²) in [6, 6.07) is 0.590. The van der Waals surface area contributed by atoms with Gasteiger partial charge in [0, 0.05) is 19.3 Å². The molecule has 0 aliphatic carbocycles. The molecule has 2 nitrogen and oxygen atoms in total. The van der Waals surface area contributed by atoms with E-state index in [1.54, 1.807) is 0 Å². The normalized spacial score (nSPS) is 13.6. The molecular formula is C11H25NO. The van der Waals surface area contributed by atoms with Crippen LogP contribution in [0.4, 0.5) is 0 Å². The Balaban J connectivity index is 3.12. The van der Waals surface area contributed by atoms with Gasteiger partial charge in [-0.15, -0.1) is 0 Å². The summed E-state index contributed by atoms with van der Waals surface area (Å²) in [5, 5.41) is 3.44. The lowest BCUT2D eigenvalue weighted by Gasteiger charge is -2.13. The molecule has 0 aromatic rings. The minimum absolute atomic E-state index is 0.590. The summed E-state index contributed by atoms with van der Waals surface area (Å²) < 4.78 is 5.51. The van der Waals surface area contributed by atoms with Gasteiger partial charge in [0.25, 0.3) is 0 Å². The van der Waals surface area contributed by atoms with Crippen LogP contribution in [0.2, 0.25) is 0 Å². The van der Waals surface area contributed by atoms with Gasteiger partial charge in [0.2, 0.25) is 0 Å². The molecule has 2 heteroatoms. The molecule has 13 heavy (non-hydrogen) atoms. The summed E-state index contributed by atoms with van der Waals surface area (Å²) in [5.74, 6) is 0.652. The summed E-state index contributed by atoms with van der Waals surface area (Å²) in [6.45, 7) is 11.7. The van der Waals surface area contributed by atoms with E-state index in [0.29, 0.717) is 12.0 Å². The highest BCUT2D eigenvalue weighted by Gasteiger charge is 2.00. The predicted molar refractivity (Wildman–Crippen MR) is 58.0 cm³/mol. The zero-order valence-corrected chi connectivity index (χ0v) is 9.60. The van der Waals surface area contributed by atoms with E-state index in [2.05, 4.69) is 33.0 Å². The van der Waals surface area contributed by atoms with Crippen molar-refractivity contribution < 1.29 is 4.74 Å². The first kappa shape index (κ1) is 12.9. The van der Waals surface area contributed by atoms with E-state index in [1.165, 1.54) is 6.42 Å². The number of rotatable bonds is 8. The van der Waals surface area contributed by atoms with E-state index >= 15 is 0 Å². The van der Waals surface area contributed by atoms with E-state index in [9.17, 15) is 0 Å².